The average molecular weight is 459 g/mol. The highest BCUT2D eigenvalue weighted by atomic mass is 16.5. The van der Waals surface area contributed by atoms with Gasteiger partial charge in [-0.05, 0) is 74.2 Å². The molecule has 0 N–H and O–H groups in total. The number of rotatable bonds is 6. The number of benzene rings is 3. The minimum absolute atomic E-state index is 0.383. The van der Waals surface area contributed by atoms with Crippen molar-refractivity contribution in [1.29, 1.82) is 0 Å². The van der Waals surface area contributed by atoms with Crippen LogP contribution in [0, 0.1) is 27.7 Å². The molecular weight excluding hydrogens is 424 g/mol. The lowest BCUT2D eigenvalue weighted by Gasteiger charge is -2.38. The number of carbonyl (C=O) groups is 1. The Morgan fingerprint density at radius 1 is 0.853 bits per heavy atom. The lowest BCUT2D eigenvalue weighted by molar-refractivity contribution is 0.0595. The summed E-state index contributed by atoms with van der Waals surface area (Å²) in [5, 5.41) is 0. The second-order valence-corrected chi connectivity index (χ2v) is 9.08. The summed E-state index contributed by atoms with van der Waals surface area (Å²) in [7, 11) is 1.41. The second-order valence-electron chi connectivity index (χ2n) is 9.08. The predicted octanol–water partition coefficient (Wildman–Crippen LogP) is 5.61. The van der Waals surface area contributed by atoms with Crippen molar-refractivity contribution in [3.8, 4) is 5.75 Å². The number of esters is 1. The molecule has 5 heteroatoms. The predicted molar refractivity (Wildman–Crippen MR) is 138 cm³/mol. The van der Waals surface area contributed by atoms with Gasteiger partial charge >= 0.3 is 5.97 Å². The van der Waals surface area contributed by atoms with Crippen molar-refractivity contribution in [2.75, 3.05) is 43.1 Å². The molecule has 0 aliphatic carbocycles. The molecule has 0 atom stereocenters. The van der Waals surface area contributed by atoms with Gasteiger partial charge in [-0.2, -0.15) is 0 Å². The fraction of sp³-hybridized carbons (Fsp3) is 0.345. The van der Waals surface area contributed by atoms with Gasteiger partial charge in [0.1, 0.15) is 17.9 Å². The first-order chi connectivity index (χ1) is 16.4. The zero-order valence-corrected chi connectivity index (χ0v) is 20.9. The summed E-state index contributed by atoms with van der Waals surface area (Å²) in [5.41, 5.74) is 8.92. The van der Waals surface area contributed by atoms with Crippen molar-refractivity contribution >= 4 is 17.3 Å². The molecular formula is C29H34N2O3. The Balaban J connectivity index is 1.49. The third kappa shape index (κ3) is 5.04. The number of methoxy groups -OCH3 is 1. The standard InChI is InChI=1S/C29H34N2O3/c1-20-9-10-22(3)24(17-20)19-34-28-12-11-25(18-26(28)29(32)33-5)30-13-15-31(16-14-30)27-8-6-7-21(2)23(27)4/h6-12,17-18H,13-16,19H2,1-5H3. The monoisotopic (exact) mass is 458 g/mol. The summed E-state index contributed by atoms with van der Waals surface area (Å²) in [4.78, 5) is 17.3. The summed E-state index contributed by atoms with van der Waals surface area (Å²) in [6.45, 7) is 12.5. The van der Waals surface area contributed by atoms with Crippen molar-refractivity contribution in [1.82, 2.24) is 0 Å². The smallest absolute Gasteiger partial charge is 0.341 e. The van der Waals surface area contributed by atoms with Gasteiger partial charge in [0.05, 0.1) is 7.11 Å². The molecule has 1 saturated heterocycles. The van der Waals surface area contributed by atoms with Crippen LogP contribution in [0.3, 0.4) is 0 Å². The Hall–Kier alpha value is -3.47. The molecule has 0 radical (unpaired) electrons. The number of hydrogen-bond donors (Lipinski definition) is 0. The number of nitrogens with zero attached hydrogens (tertiary/aromatic N) is 2. The number of carbonyl (C=O) groups excluding carboxylic acids is 1. The molecule has 3 aromatic carbocycles. The van der Waals surface area contributed by atoms with Gasteiger partial charge in [-0.1, -0.05) is 35.9 Å². The van der Waals surface area contributed by atoms with Crippen LogP contribution in [0.2, 0.25) is 0 Å². The molecule has 1 heterocycles. The number of anilines is 2. The largest absolute Gasteiger partial charge is 0.488 e. The van der Waals surface area contributed by atoms with Crippen molar-refractivity contribution < 1.29 is 14.3 Å². The van der Waals surface area contributed by atoms with E-state index in [1.165, 1.54) is 35.1 Å². The van der Waals surface area contributed by atoms with Crippen LogP contribution in [-0.4, -0.2) is 39.3 Å². The highest BCUT2D eigenvalue weighted by Crippen LogP contribution is 2.29. The molecule has 4 rings (SSSR count). The Bertz CT molecular complexity index is 1180. The summed E-state index contributed by atoms with van der Waals surface area (Å²) >= 11 is 0. The van der Waals surface area contributed by atoms with Crippen LogP contribution >= 0.6 is 0 Å². The molecule has 34 heavy (non-hydrogen) atoms. The van der Waals surface area contributed by atoms with Crippen LogP contribution in [0.5, 0.6) is 5.75 Å². The van der Waals surface area contributed by atoms with Gasteiger partial charge < -0.3 is 19.3 Å². The van der Waals surface area contributed by atoms with Crippen LogP contribution in [0.1, 0.15) is 38.2 Å². The van der Waals surface area contributed by atoms with Crippen molar-refractivity contribution in [3.05, 3.63) is 88.0 Å². The second kappa shape index (κ2) is 10.2. The molecule has 1 aliphatic rings. The highest BCUT2D eigenvalue weighted by Gasteiger charge is 2.22. The topological polar surface area (TPSA) is 42.0 Å². The van der Waals surface area contributed by atoms with Gasteiger partial charge in [-0.25, -0.2) is 4.79 Å². The maximum absolute atomic E-state index is 12.6. The molecule has 1 aliphatic heterocycles. The van der Waals surface area contributed by atoms with Crippen molar-refractivity contribution in [2.24, 2.45) is 0 Å². The molecule has 0 bridgehead atoms. The zero-order chi connectivity index (χ0) is 24.2. The average Bonchev–Trinajstić information content (AvgIpc) is 2.86. The highest BCUT2D eigenvalue weighted by molar-refractivity contribution is 5.93. The summed E-state index contributed by atoms with van der Waals surface area (Å²) in [5.74, 6) is 0.164. The number of hydrogen-bond acceptors (Lipinski definition) is 5. The van der Waals surface area contributed by atoms with Gasteiger partial charge in [-0.15, -0.1) is 0 Å². The lowest BCUT2D eigenvalue weighted by atomic mass is 10.1. The Kier molecular flexibility index (Phi) is 7.11. The minimum Gasteiger partial charge on any atom is -0.488 e. The molecule has 0 saturated carbocycles. The molecule has 0 unspecified atom stereocenters. The molecule has 0 aromatic heterocycles. The van der Waals surface area contributed by atoms with E-state index >= 15 is 0 Å². The first-order valence-corrected chi connectivity index (χ1v) is 11.8. The maximum Gasteiger partial charge on any atom is 0.341 e. The van der Waals surface area contributed by atoms with E-state index in [-0.39, 0.29) is 5.97 Å². The van der Waals surface area contributed by atoms with Gasteiger partial charge in [-0.3, -0.25) is 0 Å². The lowest BCUT2D eigenvalue weighted by Crippen LogP contribution is -2.46. The van der Waals surface area contributed by atoms with Gasteiger partial charge in [0, 0.05) is 37.6 Å². The summed E-state index contributed by atoms with van der Waals surface area (Å²) < 4.78 is 11.2. The van der Waals surface area contributed by atoms with E-state index < -0.39 is 0 Å². The number of piperazine rings is 1. The van der Waals surface area contributed by atoms with Crippen LogP contribution in [0.15, 0.2) is 54.6 Å². The molecule has 3 aromatic rings. The molecule has 1 fully saturated rings. The van der Waals surface area contributed by atoms with Crippen LogP contribution in [0.25, 0.3) is 0 Å². The Morgan fingerprint density at radius 3 is 2.32 bits per heavy atom. The van der Waals surface area contributed by atoms with Crippen molar-refractivity contribution in [3.63, 3.8) is 0 Å². The zero-order valence-electron chi connectivity index (χ0n) is 20.9. The van der Waals surface area contributed by atoms with Crippen LogP contribution in [0.4, 0.5) is 11.4 Å². The van der Waals surface area contributed by atoms with Gasteiger partial charge in [0.2, 0.25) is 0 Å². The van der Waals surface area contributed by atoms with Crippen molar-refractivity contribution in [2.45, 2.75) is 34.3 Å². The fourth-order valence-electron chi connectivity index (χ4n) is 4.51. The fourth-order valence-corrected chi connectivity index (χ4v) is 4.51. The molecule has 178 valence electrons. The maximum atomic E-state index is 12.6. The molecule has 0 spiro atoms. The van der Waals surface area contributed by atoms with Gasteiger partial charge in [0.25, 0.3) is 0 Å². The molecule has 5 nitrogen and oxygen atoms in total. The van der Waals surface area contributed by atoms with E-state index in [0.29, 0.717) is 17.9 Å². The van der Waals surface area contributed by atoms with Gasteiger partial charge in [0.15, 0.2) is 0 Å². The first kappa shape index (κ1) is 23.7. The summed E-state index contributed by atoms with van der Waals surface area (Å²) in [6.07, 6.45) is 0. The quantitative estimate of drug-likeness (QED) is 0.449. The minimum atomic E-state index is -0.383. The Labute approximate surface area is 202 Å². The van der Waals surface area contributed by atoms with E-state index in [4.69, 9.17) is 9.47 Å². The first-order valence-electron chi connectivity index (χ1n) is 11.8. The van der Waals surface area contributed by atoms with E-state index in [0.717, 1.165) is 37.4 Å². The normalized spacial score (nSPS) is 13.7. The Morgan fingerprint density at radius 2 is 1.59 bits per heavy atom. The van der Waals surface area contributed by atoms with Crippen LogP contribution in [-0.2, 0) is 11.3 Å². The number of ether oxygens (including phenoxy) is 2. The van der Waals surface area contributed by atoms with Crippen LogP contribution < -0.4 is 14.5 Å². The third-order valence-electron chi connectivity index (χ3n) is 6.82. The van der Waals surface area contributed by atoms with E-state index in [9.17, 15) is 4.79 Å². The SMILES string of the molecule is COC(=O)c1cc(N2CCN(c3cccc(C)c3C)CC2)ccc1OCc1cc(C)ccc1C. The summed E-state index contributed by atoms with van der Waals surface area (Å²) in [6, 6.07) is 18.6. The number of aryl methyl sites for hydroxylation is 3. The van der Waals surface area contributed by atoms with E-state index in [2.05, 4.69) is 73.9 Å². The van der Waals surface area contributed by atoms with E-state index in [1.54, 1.807) is 0 Å². The molecule has 0 amide bonds. The van der Waals surface area contributed by atoms with E-state index in [1.807, 2.05) is 18.2 Å². The third-order valence-corrected chi connectivity index (χ3v) is 6.82.